The quantitative estimate of drug-likeness (QED) is 0.778. The molecule has 0 heterocycles. The number of nitrogens with two attached hydrogens (primary N) is 1. The lowest BCUT2D eigenvalue weighted by atomic mass is 10.1. The summed E-state index contributed by atoms with van der Waals surface area (Å²) in [4.78, 5) is 12.1. The SMILES string of the molecule is Cc1cccc(COc2cccc(CC(=O)NCC(N)C3CC3)c2)c1. The van der Waals surface area contributed by atoms with Crippen molar-refractivity contribution in [3.8, 4) is 5.75 Å². The maximum Gasteiger partial charge on any atom is 0.224 e. The Morgan fingerprint density at radius 1 is 1.20 bits per heavy atom. The molecule has 0 aliphatic heterocycles. The fourth-order valence-corrected chi connectivity index (χ4v) is 2.88. The molecule has 1 saturated carbocycles. The van der Waals surface area contributed by atoms with Crippen LogP contribution in [0.15, 0.2) is 48.5 Å². The lowest BCUT2D eigenvalue weighted by molar-refractivity contribution is -0.120. The molecule has 1 aliphatic rings. The van der Waals surface area contributed by atoms with Gasteiger partial charge in [-0.1, -0.05) is 42.0 Å². The summed E-state index contributed by atoms with van der Waals surface area (Å²) in [6.45, 7) is 3.15. The number of carbonyl (C=O) groups excluding carboxylic acids is 1. The predicted octanol–water partition coefficient (Wildman–Crippen LogP) is 2.97. The molecular weight excluding hydrogens is 312 g/mol. The second-order valence-electron chi connectivity index (χ2n) is 6.91. The molecule has 1 unspecified atom stereocenters. The third-order valence-corrected chi connectivity index (χ3v) is 4.51. The van der Waals surface area contributed by atoms with Crippen LogP contribution in [0.25, 0.3) is 0 Å². The zero-order valence-electron chi connectivity index (χ0n) is 14.7. The van der Waals surface area contributed by atoms with E-state index in [4.69, 9.17) is 10.5 Å². The minimum atomic E-state index is 0.00642. The lowest BCUT2D eigenvalue weighted by Crippen LogP contribution is -2.39. The van der Waals surface area contributed by atoms with Gasteiger partial charge >= 0.3 is 0 Å². The van der Waals surface area contributed by atoms with E-state index in [9.17, 15) is 4.79 Å². The maximum absolute atomic E-state index is 12.1. The Kier molecular flexibility index (Phi) is 5.71. The first kappa shape index (κ1) is 17.5. The molecule has 2 aromatic carbocycles. The average Bonchev–Trinajstić information content (AvgIpc) is 3.43. The molecule has 25 heavy (non-hydrogen) atoms. The Bertz CT molecular complexity index is 725. The van der Waals surface area contributed by atoms with E-state index in [0.717, 1.165) is 16.9 Å². The highest BCUT2D eigenvalue weighted by molar-refractivity contribution is 5.78. The maximum atomic E-state index is 12.1. The molecule has 132 valence electrons. The van der Waals surface area contributed by atoms with Gasteiger partial charge in [0.2, 0.25) is 5.91 Å². The molecule has 0 aromatic heterocycles. The fourth-order valence-electron chi connectivity index (χ4n) is 2.88. The number of benzene rings is 2. The molecule has 2 aromatic rings. The van der Waals surface area contributed by atoms with E-state index in [1.807, 2.05) is 36.4 Å². The van der Waals surface area contributed by atoms with Crippen LogP contribution in [0, 0.1) is 12.8 Å². The van der Waals surface area contributed by atoms with E-state index in [1.165, 1.54) is 18.4 Å². The van der Waals surface area contributed by atoms with E-state index < -0.39 is 0 Å². The first-order chi connectivity index (χ1) is 12.1. The lowest BCUT2D eigenvalue weighted by Gasteiger charge is -2.12. The van der Waals surface area contributed by atoms with E-state index in [1.54, 1.807) is 0 Å². The van der Waals surface area contributed by atoms with Gasteiger partial charge in [0.05, 0.1) is 6.42 Å². The second-order valence-corrected chi connectivity index (χ2v) is 6.91. The molecule has 3 rings (SSSR count). The molecule has 0 spiro atoms. The van der Waals surface area contributed by atoms with Gasteiger partial charge < -0.3 is 15.8 Å². The average molecular weight is 338 g/mol. The van der Waals surface area contributed by atoms with Crippen molar-refractivity contribution in [2.75, 3.05) is 6.54 Å². The summed E-state index contributed by atoms with van der Waals surface area (Å²) in [5.41, 5.74) is 9.31. The molecule has 3 N–H and O–H groups in total. The fraction of sp³-hybridized carbons (Fsp3) is 0.381. The Labute approximate surface area is 149 Å². The minimum absolute atomic E-state index is 0.00642. The number of carbonyl (C=O) groups is 1. The highest BCUT2D eigenvalue weighted by Crippen LogP contribution is 2.31. The largest absolute Gasteiger partial charge is 0.489 e. The Balaban J connectivity index is 1.49. The number of hydrogen-bond acceptors (Lipinski definition) is 3. The van der Waals surface area contributed by atoms with Crippen LogP contribution in [-0.4, -0.2) is 18.5 Å². The third kappa shape index (κ3) is 5.61. The van der Waals surface area contributed by atoms with Gasteiger partial charge in [-0.25, -0.2) is 0 Å². The van der Waals surface area contributed by atoms with E-state index in [0.29, 0.717) is 25.5 Å². The molecular formula is C21H26N2O2. The zero-order chi connectivity index (χ0) is 17.6. The molecule has 4 nitrogen and oxygen atoms in total. The number of rotatable bonds is 8. The molecule has 0 saturated heterocycles. The third-order valence-electron chi connectivity index (χ3n) is 4.51. The summed E-state index contributed by atoms with van der Waals surface area (Å²) in [6.07, 6.45) is 2.73. The van der Waals surface area contributed by atoms with Crippen LogP contribution in [-0.2, 0) is 17.8 Å². The first-order valence-electron chi connectivity index (χ1n) is 8.90. The molecule has 4 heteroatoms. The van der Waals surface area contributed by atoms with Gasteiger partial charge in [-0.05, 0) is 48.9 Å². The van der Waals surface area contributed by atoms with Crippen molar-refractivity contribution in [3.05, 3.63) is 65.2 Å². The van der Waals surface area contributed by atoms with Crippen LogP contribution < -0.4 is 15.8 Å². The van der Waals surface area contributed by atoms with Crippen molar-refractivity contribution < 1.29 is 9.53 Å². The Morgan fingerprint density at radius 2 is 1.96 bits per heavy atom. The van der Waals surface area contributed by atoms with E-state index >= 15 is 0 Å². The van der Waals surface area contributed by atoms with Gasteiger partial charge in [0.1, 0.15) is 12.4 Å². The van der Waals surface area contributed by atoms with Gasteiger partial charge in [0, 0.05) is 12.6 Å². The molecule has 1 aliphatic carbocycles. The topological polar surface area (TPSA) is 64.3 Å². The molecule has 1 atom stereocenters. The first-order valence-corrected chi connectivity index (χ1v) is 8.90. The molecule has 0 radical (unpaired) electrons. The second kappa shape index (κ2) is 8.17. The molecule has 0 bridgehead atoms. The number of aryl methyl sites for hydroxylation is 1. The molecule has 1 amide bonds. The van der Waals surface area contributed by atoms with Crippen molar-refractivity contribution in [2.45, 2.75) is 38.8 Å². The molecule has 1 fully saturated rings. The van der Waals surface area contributed by atoms with Gasteiger partial charge in [-0.3, -0.25) is 4.79 Å². The predicted molar refractivity (Wildman–Crippen MR) is 99.4 cm³/mol. The number of ether oxygens (including phenoxy) is 1. The van der Waals surface area contributed by atoms with Crippen LogP contribution in [0.4, 0.5) is 0 Å². The van der Waals surface area contributed by atoms with Crippen molar-refractivity contribution in [1.82, 2.24) is 5.32 Å². The zero-order valence-corrected chi connectivity index (χ0v) is 14.7. The summed E-state index contributed by atoms with van der Waals surface area (Å²) in [6, 6.07) is 16.1. The number of amides is 1. The van der Waals surface area contributed by atoms with Crippen LogP contribution in [0.2, 0.25) is 0 Å². The summed E-state index contributed by atoms with van der Waals surface area (Å²) < 4.78 is 5.86. The van der Waals surface area contributed by atoms with E-state index in [2.05, 4.69) is 24.4 Å². The standard InChI is InChI=1S/C21H26N2O2/c1-15-4-2-6-17(10-15)14-25-19-7-3-5-16(11-19)12-21(24)23-13-20(22)18-8-9-18/h2-7,10-11,18,20H,8-9,12-14,22H2,1H3,(H,23,24). The van der Waals surface area contributed by atoms with Gasteiger partial charge in [0.15, 0.2) is 0 Å². The van der Waals surface area contributed by atoms with Crippen LogP contribution in [0.3, 0.4) is 0 Å². The van der Waals surface area contributed by atoms with Crippen molar-refractivity contribution in [2.24, 2.45) is 11.7 Å². The van der Waals surface area contributed by atoms with Crippen molar-refractivity contribution >= 4 is 5.91 Å². The summed E-state index contributed by atoms with van der Waals surface area (Å²) >= 11 is 0. The summed E-state index contributed by atoms with van der Waals surface area (Å²) in [5, 5.41) is 2.93. The summed E-state index contributed by atoms with van der Waals surface area (Å²) in [5.74, 6) is 1.38. The monoisotopic (exact) mass is 338 g/mol. The van der Waals surface area contributed by atoms with Crippen molar-refractivity contribution in [1.29, 1.82) is 0 Å². The number of hydrogen-bond donors (Lipinski definition) is 2. The highest BCUT2D eigenvalue weighted by Gasteiger charge is 2.28. The Morgan fingerprint density at radius 3 is 2.72 bits per heavy atom. The Hall–Kier alpha value is -2.33. The smallest absolute Gasteiger partial charge is 0.224 e. The minimum Gasteiger partial charge on any atom is -0.489 e. The highest BCUT2D eigenvalue weighted by atomic mass is 16.5. The number of nitrogens with one attached hydrogen (secondary N) is 1. The van der Waals surface area contributed by atoms with Crippen LogP contribution in [0.1, 0.15) is 29.5 Å². The normalized spacial score (nSPS) is 14.8. The van der Waals surface area contributed by atoms with Crippen LogP contribution >= 0.6 is 0 Å². The van der Waals surface area contributed by atoms with Gasteiger partial charge in [-0.2, -0.15) is 0 Å². The van der Waals surface area contributed by atoms with Gasteiger partial charge in [0.25, 0.3) is 0 Å². The summed E-state index contributed by atoms with van der Waals surface area (Å²) in [7, 11) is 0. The van der Waals surface area contributed by atoms with E-state index in [-0.39, 0.29) is 11.9 Å². The van der Waals surface area contributed by atoms with Crippen molar-refractivity contribution in [3.63, 3.8) is 0 Å². The van der Waals surface area contributed by atoms with Crippen LogP contribution in [0.5, 0.6) is 5.75 Å². The van der Waals surface area contributed by atoms with Gasteiger partial charge in [-0.15, -0.1) is 0 Å².